The Morgan fingerprint density at radius 2 is 2.00 bits per heavy atom. The number of phenols is 1. The molecule has 244 valence electrons. The van der Waals surface area contributed by atoms with Gasteiger partial charge in [-0.25, -0.2) is 15.2 Å². The number of hydrogen-bond acceptors (Lipinski definition) is 16. The van der Waals surface area contributed by atoms with E-state index in [1.807, 2.05) is 0 Å². The zero-order valence-corrected chi connectivity index (χ0v) is 29.7. The molecule has 1 saturated heterocycles. The molecule has 2 aromatic rings. The number of aromatic hydroxyl groups is 2. The van der Waals surface area contributed by atoms with Crippen LogP contribution in [-0.4, -0.2) is 89.9 Å². The first-order valence-electron chi connectivity index (χ1n) is 13.6. The van der Waals surface area contributed by atoms with Gasteiger partial charge in [0.05, 0.1) is 22.1 Å². The summed E-state index contributed by atoms with van der Waals surface area (Å²) in [5, 5.41) is 37.4. The number of aliphatic carboxylic acids is 1. The van der Waals surface area contributed by atoms with Crippen LogP contribution < -0.4 is 66.8 Å². The molecular weight excluding hydrogens is 684 g/mol. The minimum Gasteiger partial charge on any atom is -0.543 e. The van der Waals surface area contributed by atoms with Gasteiger partial charge < -0.3 is 41.9 Å². The van der Waals surface area contributed by atoms with Gasteiger partial charge in [0.1, 0.15) is 28.9 Å². The number of carboxylic acid groups (broad SMARTS) is 1. The third kappa shape index (κ3) is 7.70. The number of nitrogens with zero attached hydrogens (tertiary/aromatic N) is 5. The van der Waals surface area contributed by atoms with Crippen LogP contribution in [0.15, 0.2) is 52.2 Å². The Hall–Kier alpha value is -3.37. The molecule has 4 heterocycles. The number of aromatic nitrogens is 2. The molecule has 47 heavy (non-hydrogen) atoms. The second-order valence-corrected chi connectivity index (χ2v) is 13.1. The number of amides is 4. The molecule has 17 nitrogen and oxygen atoms in total. The number of primary amides is 1. The van der Waals surface area contributed by atoms with E-state index < -0.39 is 47.2 Å². The van der Waals surface area contributed by atoms with Gasteiger partial charge in [-0.15, -0.1) is 23.5 Å². The normalized spacial score (nSPS) is 19.4. The molecule has 1 fully saturated rings. The number of carbonyl (C=O) groups excluding carboxylic acids is 4. The first-order valence-corrected chi connectivity index (χ1v) is 16.4. The number of thioether (sulfide) groups is 2. The maximum absolute atomic E-state index is 13.9. The number of fused-ring (bicyclic) bond motifs is 1. The molecule has 0 aliphatic carbocycles. The predicted octanol–water partition coefficient (Wildman–Crippen LogP) is -3.51. The Bertz CT molecular complexity index is 1620. The SMILES string of the molecule is CCNc1ncc(N(C(N)=O)C(C(=O)NC2C(=O)N3C(C(=O)[O-])=C(CSC4=CNN(NC)S4)CS[C@H]23)c2ccc(O)cc2)c(O)n1.[Na+]. The fourth-order valence-corrected chi connectivity index (χ4v) is 8.10. The molecule has 4 amide bonds. The number of phenolic OH excluding ortho intramolecular Hbond substituents is 1. The van der Waals surface area contributed by atoms with E-state index in [0.29, 0.717) is 12.1 Å². The standard InChI is InChI=1S/C26H30N10O7S3.Na/c1-3-29-26-30-8-15(20(38)33-26)34(25(27)43)18(12-4-6-14(37)7-5-12)21(39)32-17-22(40)35-19(24(41)42)13(11-45-23(17)35)10-44-16-9-31-36(28-2)46-16;/h4-9,17-18,23,28,31,37H,3,10-11H2,1-2H3,(H2,27,43)(H,32,39)(H,41,42)(H2,29,30,33,38);/q;+1/p-1/t17?,18?,23-;/m1./s1. The zero-order valence-electron chi connectivity index (χ0n) is 25.3. The number of β-lactam (4-membered cyclic amide) rings is 1. The van der Waals surface area contributed by atoms with Gasteiger partial charge in [-0.3, -0.25) is 19.4 Å². The van der Waals surface area contributed by atoms with Gasteiger partial charge in [0.2, 0.25) is 17.7 Å². The van der Waals surface area contributed by atoms with Crippen LogP contribution in [0.3, 0.4) is 0 Å². The number of hydrazine groups is 2. The average molecular weight is 713 g/mol. The number of urea groups is 1. The fraction of sp³-hybridized carbons (Fsp3) is 0.308. The van der Waals surface area contributed by atoms with Crippen LogP contribution in [0.5, 0.6) is 11.6 Å². The van der Waals surface area contributed by atoms with Gasteiger partial charge in [-0.2, -0.15) is 4.98 Å². The first kappa shape index (κ1) is 36.5. The summed E-state index contributed by atoms with van der Waals surface area (Å²) in [6.07, 6.45) is 2.87. The summed E-state index contributed by atoms with van der Waals surface area (Å²) in [5.41, 5.74) is 11.7. The molecule has 3 aliphatic heterocycles. The smallest absolute Gasteiger partial charge is 0.543 e. The quantitative estimate of drug-likeness (QED) is 0.0641. The number of carboxylic acids is 1. The fourth-order valence-electron chi connectivity index (χ4n) is 4.84. The van der Waals surface area contributed by atoms with Crippen molar-refractivity contribution in [2.45, 2.75) is 24.4 Å². The van der Waals surface area contributed by atoms with Crippen LogP contribution in [0.25, 0.3) is 0 Å². The van der Waals surface area contributed by atoms with Gasteiger partial charge in [-0.1, -0.05) is 16.7 Å². The second-order valence-electron chi connectivity index (χ2n) is 9.76. The van der Waals surface area contributed by atoms with Crippen molar-refractivity contribution >= 4 is 70.9 Å². The van der Waals surface area contributed by atoms with E-state index in [0.717, 1.165) is 20.2 Å². The zero-order chi connectivity index (χ0) is 33.1. The molecule has 0 radical (unpaired) electrons. The molecule has 8 N–H and O–H groups in total. The van der Waals surface area contributed by atoms with Crippen LogP contribution in [-0.2, 0) is 14.4 Å². The van der Waals surface area contributed by atoms with Gasteiger partial charge in [0, 0.05) is 43.2 Å². The number of nitrogens with one attached hydrogen (secondary N) is 4. The Labute approximate surface area is 303 Å². The van der Waals surface area contributed by atoms with Crippen molar-refractivity contribution in [3.8, 4) is 11.6 Å². The largest absolute Gasteiger partial charge is 1.00 e. The number of benzene rings is 1. The summed E-state index contributed by atoms with van der Waals surface area (Å²) < 4.78 is 2.53. The van der Waals surface area contributed by atoms with Crippen molar-refractivity contribution in [2.75, 3.05) is 35.3 Å². The Balaban J connectivity index is 0.00000500. The molecular formula is C26H29N10NaO7S3. The van der Waals surface area contributed by atoms with Gasteiger partial charge in [-0.05, 0) is 30.2 Å². The summed E-state index contributed by atoms with van der Waals surface area (Å²) in [5.74, 6) is -3.21. The maximum atomic E-state index is 13.9. The molecule has 3 aliphatic rings. The van der Waals surface area contributed by atoms with Gasteiger partial charge >= 0.3 is 35.6 Å². The van der Waals surface area contributed by atoms with E-state index in [1.165, 1.54) is 59.7 Å². The number of carbonyl (C=O) groups is 4. The van der Waals surface area contributed by atoms with E-state index in [-0.39, 0.29) is 69.7 Å². The Morgan fingerprint density at radius 1 is 1.28 bits per heavy atom. The summed E-state index contributed by atoms with van der Waals surface area (Å²) in [7, 11) is 1.74. The first-order chi connectivity index (χ1) is 22.0. The van der Waals surface area contributed by atoms with E-state index >= 15 is 0 Å². The molecule has 2 unspecified atom stereocenters. The third-order valence-electron chi connectivity index (χ3n) is 6.91. The van der Waals surface area contributed by atoms with E-state index in [4.69, 9.17) is 5.73 Å². The van der Waals surface area contributed by atoms with Crippen LogP contribution >= 0.6 is 35.5 Å². The monoisotopic (exact) mass is 712 g/mol. The van der Waals surface area contributed by atoms with Crippen molar-refractivity contribution in [3.05, 3.63) is 57.7 Å². The van der Waals surface area contributed by atoms with Crippen LogP contribution in [0, 0.1) is 0 Å². The topological polar surface area (TPSA) is 241 Å². The molecule has 1 aromatic carbocycles. The minimum atomic E-state index is -1.56. The van der Waals surface area contributed by atoms with Gasteiger partial charge in [0.15, 0.2) is 0 Å². The van der Waals surface area contributed by atoms with Crippen LogP contribution in [0.2, 0.25) is 0 Å². The predicted molar refractivity (Wildman–Crippen MR) is 170 cm³/mol. The van der Waals surface area contributed by atoms with Crippen LogP contribution in [0.4, 0.5) is 16.4 Å². The van der Waals surface area contributed by atoms with Crippen molar-refractivity contribution in [3.63, 3.8) is 0 Å². The van der Waals surface area contributed by atoms with Crippen molar-refractivity contribution < 1.29 is 64.1 Å². The Morgan fingerprint density at radius 3 is 2.60 bits per heavy atom. The molecule has 1 aromatic heterocycles. The van der Waals surface area contributed by atoms with Gasteiger partial charge in [0.25, 0.3) is 5.91 Å². The molecule has 0 bridgehead atoms. The van der Waals surface area contributed by atoms with E-state index in [1.54, 1.807) is 24.7 Å². The summed E-state index contributed by atoms with van der Waals surface area (Å²) in [6.45, 7) is 2.23. The number of hydrogen-bond donors (Lipinski definition) is 7. The average Bonchev–Trinajstić information content (AvgIpc) is 3.50. The Kier molecular flexibility index (Phi) is 12.2. The summed E-state index contributed by atoms with van der Waals surface area (Å²) >= 11 is 4.04. The summed E-state index contributed by atoms with van der Waals surface area (Å²) in [6, 6.07) is 1.46. The van der Waals surface area contributed by atoms with E-state index in [9.17, 15) is 34.5 Å². The van der Waals surface area contributed by atoms with Crippen molar-refractivity contribution in [2.24, 2.45) is 5.73 Å². The second kappa shape index (κ2) is 15.7. The molecule has 3 atom stereocenters. The molecule has 21 heteroatoms. The van der Waals surface area contributed by atoms with E-state index in [2.05, 4.69) is 31.5 Å². The number of rotatable bonds is 12. The number of anilines is 2. The third-order valence-corrected chi connectivity index (χ3v) is 10.5. The van der Waals surface area contributed by atoms with Crippen LogP contribution in [0.1, 0.15) is 18.5 Å². The van der Waals surface area contributed by atoms with Crippen molar-refractivity contribution in [1.29, 1.82) is 0 Å². The minimum absolute atomic E-state index is 0. The summed E-state index contributed by atoms with van der Waals surface area (Å²) in [4.78, 5) is 62.2. The molecule has 0 saturated carbocycles. The maximum Gasteiger partial charge on any atom is 1.00 e. The number of nitrogens with two attached hydrogens (primary N) is 1. The molecule has 0 spiro atoms. The molecule has 5 rings (SSSR count). The van der Waals surface area contributed by atoms with Crippen molar-refractivity contribution in [1.82, 2.24) is 35.6 Å².